The third kappa shape index (κ3) is 9.82. The molecule has 0 aromatic carbocycles. The lowest BCUT2D eigenvalue weighted by Gasteiger charge is -2.29. The summed E-state index contributed by atoms with van der Waals surface area (Å²) in [6, 6.07) is 0. The zero-order valence-electron chi connectivity index (χ0n) is 14.1. The van der Waals surface area contributed by atoms with E-state index in [1.807, 2.05) is 0 Å². The second kappa shape index (κ2) is 11.6. The van der Waals surface area contributed by atoms with Crippen LogP contribution in [0.2, 0.25) is 0 Å². The van der Waals surface area contributed by atoms with Crippen LogP contribution in [0.15, 0.2) is 5.18 Å². The first-order valence-corrected chi connectivity index (χ1v) is 8.08. The normalized spacial score (nSPS) is 19.5. The van der Waals surface area contributed by atoms with Crippen LogP contribution in [0.3, 0.4) is 0 Å². The summed E-state index contributed by atoms with van der Waals surface area (Å²) in [5, 5.41) is 23.5. The van der Waals surface area contributed by atoms with Crippen LogP contribution in [-0.2, 0) is 14.4 Å². The van der Waals surface area contributed by atoms with Crippen molar-refractivity contribution in [3.05, 3.63) is 4.91 Å². The number of amides is 1. The molecule has 0 atom stereocenters. The van der Waals surface area contributed by atoms with Gasteiger partial charge in [-0.2, -0.15) is 0 Å². The molecule has 0 aromatic rings. The molecule has 1 heterocycles. The molecule has 1 aliphatic heterocycles. The number of hydrogen-bond acceptors (Lipinski definition) is 8. The number of carbonyl (C=O) groups is 3. The molecule has 1 saturated heterocycles. The van der Waals surface area contributed by atoms with Gasteiger partial charge >= 0.3 is 11.9 Å². The predicted octanol–water partition coefficient (Wildman–Crippen LogP) is -2.04. The maximum absolute atomic E-state index is 11.3. The Bertz CT molecular complexity index is 445. The highest BCUT2D eigenvalue weighted by atomic mass is 16.4. The van der Waals surface area contributed by atoms with Crippen LogP contribution in [0, 0.1) is 4.91 Å². The van der Waals surface area contributed by atoms with Gasteiger partial charge in [0.15, 0.2) is 0 Å². The summed E-state index contributed by atoms with van der Waals surface area (Å²) in [4.78, 5) is 48.8. The molecule has 1 aliphatic rings. The molecule has 0 aromatic heterocycles. The Balaban J connectivity index is 2.72. The topological polar surface area (TPSA) is 143 Å². The van der Waals surface area contributed by atoms with Gasteiger partial charge in [0, 0.05) is 57.5 Å². The number of nitrogens with one attached hydrogen (secondary N) is 1. The lowest BCUT2D eigenvalue weighted by molar-refractivity contribution is -0.139. The fourth-order valence-electron chi connectivity index (χ4n) is 2.58. The van der Waals surface area contributed by atoms with Gasteiger partial charge in [0.25, 0.3) is 5.91 Å². The Hall–Kier alpha value is -1.95. The van der Waals surface area contributed by atoms with E-state index in [-0.39, 0.29) is 19.6 Å². The minimum Gasteiger partial charge on any atom is -0.480 e. The number of carbonyl (C=O) groups excluding carboxylic acids is 1. The SMILES string of the molecule is O=NC(=O)CN1CCN(CC(=O)O)CCNCCN(CC(=O)O)CC1. The first kappa shape index (κ1) is 21.1. The Kier molecular flexibility index (Phi) is 9.77. The van der Waals surface area contributed by atoms with E-state index in [4.69, 9.17) is 10.2 Å². The van der Waals surface area contributed by atoms with Crippen molar-refractivity contribution < 1.29 is 24.6 Å². The highest BCUT2D eigenvalue weighted by Crippen LogP contribution is 1.98. The molecule has 0 spiro atoms. The van der Waals surface area contributed by atoms with Crippen LogP contribution in [0.5, 0.6) is 0 Å². The average molecular weight is 359 g/mol. The minimum atomic E-state index is -0.933. The van der Waals surface area contributed by atoms with Crippen molar-refractivity contribution in [1.82, 2.24) is 20.0 Å². The zero-order chi connectivity index (χ0) is 18.7. The van der Waals surface area contributed by atoms with Gasteiger partial charge in [-0.3, -0.25) is 29.1 Å². The monoisotopic (exact) mass is 359 g/mol. The number of carboxylic acid groups (broad SMARTS) is 2. The number of hydrogen-bond donors (Lipinski definition) is 3. The van der Waals surface area contributed by atoms with E-state index in [9.17, 15) is 19.3 Å². The molecular weight excluding hydrogens is 334 g/mol. The highest BCUT2D eigenvalue weighted by Gasteiger charge is 2.18. The van der Waals surface area contributed by atoms with Gasteiger partial charge in [-0.05, 0) is 0 Å². The van der Waals surface area contributed by atoms with Gasteiger partial charge in [0.1, 0.15) is 0 Å². The Morgan fingerprint density at radius 1 is 0.760 bits per heavy atom. The van der Waals surface area contributed by atoms with Crippen molar-refractivity contribution in [3.63, 3.8) is 0 Å². The van der Waals surface area contributed by atoms with Crippen LogP contribution in [-0.4, -0.2) is 115 Å². The number of carboxylic acids is 2. The van der Waals surface area contributed by atoms with Gasteiger partial charge in [0.2, 0.25) is 0 Å². The lowest BCUT2D eigenvalue weighted by Crippen LogP contribution is -2.47. The summed E-state index contributed by atoms with van der Waals surface area (Å²) >= 11 is 0. The molecule has 1 fully saturated rings. The Morgan fingerprint density at radius 3 is 1.52 bits per heavy atom. The molecule has 11 nitrogen and oxygen atoms in total. The lowest BCUT2D eigenvalue weighted by atomic mass is 10.3. The van der Waals surface area contributed by atoms with E-state index in [0.29, 0.717) is 52.4 Å². The summed E-state index contributed by atoms with van der Waals surface area (Å²) in [5.74, 6) is -2.67. The largest absolute Gasteiger partial charge is 0.480 e. The fourth-order valence-corrected chi connectivity index (χ4v) is 2.58. The smallest absolute Gasteiger partial charge is 0.317 e. The quantitative estimate of drug-likeness (QED) is 0.454. The Morgan fingerprint density at radius 2 is 1.16 bits per heavy atom. The molecule has 0 unspecified atom stereocenters. The highest BCUT2D eigenvalue weighted by molar-refractivity contribution is 5.78. The fraction of sp³-hybridized carbons (Fsp3) is 0.786. The van der Waals surface area contributed by atoms with Gasteiger partial charge in [-0.25, -0.2) is 0 Å². The number of aliphatic carboxylic acids is 2. The second-order valence-electron chi connectivity index (χ2n) is 5.85. The van der Waals surface area contributed by atoms with Crippen molar-refractivity contribution in [2.75, 3.05) is 72.0 Å². The maximum atomic E-state index is 11.3. The van der Waals surface area contributed by atoms with E-state index in [1.165, 1.54) is 0 Å². The van der Waals surface area contributed by atoms with E-state index in [1.54, 1.807) is 14.7 Å². The molecule has 11 heteroatoms. The minimum absolute atomic E-state index is 0.111. The molecule has 0 aliphatic carbocycles. The first-order chi connectivity index (χ1) is 11.9. The van der Waals surface area contributed by atoms with Crippen LogP contribution in [0.25, 0.3) is 0 Å². The van der Waals surface area contributed by atoms with E-state index in [2.05, 4.69) is 10.5 Å². The van der Waals surface area contributed by atoms with E-state index >= 15 is 0 Å². The molecule has 0 radical (unpaired) electrons. The first-order valence-electron chi connectivity index (χ1n) is 8.08. The van der Waals surface area contributed by atoms with Gasteiger partial charge in [-0.1, -0.05) is 0 Å². The van der Waals surface area contributed by atoms with E-state index < -0.39 is 17.8 Å². The summed E-state index contributed by atoms with van der Waals surface area (Å²) in [6.07, 6.45) is 0. The van der Waals surface area contributed by atoms with Crippen molar-refractivity contribution in [2.45, 2.75) is 0 Å². The summed E-state index contributed by atoms with van der Waals surface area (Å²) < 4.78 is 0. The molecule has 25 heavy (non-hydrogen) atoms. The standard InChI is InChI=1S/C14H25N5O6/c20-12(16-25)9-19-7-5-17(10-13(21)22)3-1-15-2-4-18(6-8-19)11-14(23)24/h15H,1-11H2,(H,21,22)(H,23,24). The third-order valence-electron chi connectivity index (χ3n) is 3.85. The third-order valence-corrected chi connectivity index (χ3v) is 3.85. The van der Waals surface area contributed by atoms with Crippen LogP contribution < -0.4 is 5.32 Å². The summed E-state index contributed by atoms with van der Waals surface area (Å²) in [7, 11) is 0. The molecule has 3 N–H and O–H groups in total. The molecule has 1 amide bonds. The predicted molar refractivity (Wildman–Crippen MR) is 88.3 cm³/mol. The number of nitroso groups, excluding NO2 is 1. The zero-order valence-corrected chi connectivity index (χ0v) is 14.1. The van der Waals surface area contributed by atoms with Crippen LogP contribution in [0.1, 0.15) is 0 Å². The van der Waals surface area contributed by atoms with Crippen LogP contribution >= 0.6 is 0 Å². The average Bonchev–Trinajstić information content (AvgIpc) is 2.53. The summed E-state index contributed by atoms with van der Waals surface area (Å²) in [5.41, 5.74) is 0. The number of nitrogens with zero attached hydrogens (tertiary/aromatic N) is 4. The second-order valence-corrected chi connectivity index (χ2v) is 5.85. The van der Waals surface area contributed by atoms with Gasteiger partial charge in [-0.15, -0.1) is 4.91 Å². The maximum Gasteiger partial charge on any atom is 0.317 e. The number of rotatable bonds is 6. The molecule has 0 saturated carbocycles. The molecular formula is C14H25N5O6. The van der Waals surface area contributed by atoms with E-state index in [0.717, 1.165) is 0 Å². The molecule has 1 rings (SSSR count). The van der Waals surface area contributed by atoms with Gasteiger partial charge < -0.3 is 15.5 Å². The van der Waals surface area contributed by atoms with Crippen molar-refractivity contribution in [3.8, 4) is 0 Å². The van der Waals surface area contributed by atoms with Crippen molar-refractivity contribution in [2.24, 2.45) is 5.18 Å². The van der Waals surface area contributed by atoms with Crippen molar-refractivity contribution >= 4 is 17.8 Å². The van der Waals surface area contributed by atoms with Gasteiger partial charge in [0.05, 0.1) is 19.6 Å². The van der Waals surface area contributed by atoms with Crippen molar-refractivity contribution in [1.29, 1.82) is 0 Å². The summed E-state index contributed by atoms with van der Waals surface area (Å²) in [6.45, 7) is 3.39. The molecule has 0 bridgehead atoms. The van der Waals surface area contributed by atoms with Crippen LogP contribution in [0.4, 0.5) is 0 Å². The Labute approximate surface area is 145 Å². The molecule has 142 valence electrons.